The van der Waals surface area contributed by atoms with Crippen LogP contribution >= 0.6 is 0 Å². The molecular formula is C13H22N3O+. The third kappa shape index (κ3) is 6.08. The molecule has 0 saturated carbocycles. The van der Waals surface area contributed by atoms with Gasteiger partial charge in [-0.05, 0) is 19.3 Å². The van der Waals surface area contributed by atoms with Crippen LogP contribution in [0.5, 0.6) is 0 Å². The Hall–Kier alpha value is -1.34. The molecule has 94 valence electrons. The topological polar surface area (TPSA) is 41.8 Å². The number of unbranched alkanes of at least 4 members (excludes halogenated alkanes) is 4. The van der Waals surface area contributed by atoms with Gasteiger partial charge in [0.15, 0.2) is 0 Å². The van der Waals surface area contributed by atoms with Crippen LogP contribution < -0.4 is 4.57 Å². The summed E-state index contributed by atoms with van der Waals surface area (Å²) in [7, 11) is 1.72. The highest BCUT2D eigenvalue weighted by atomic mass is 16.5. The predicted octanol–water partition coefficient (Wildman–Crippen LogP) is 1.90. The van der Waals surface area contributed by atoms with Gasteiger partial charge < -0.3 is 4.74 Å². The van der Waals surface area contributed by atoms with Gasteiger partial charge in [-0.25, -0.2) is 9.13 Å². The van der Waals surface area contributed by atoms with Crippen molar-refractivity contribution in [1.82, 2.24) is 4.57 Å². The number of aromatic nitrogens is 2. The van der Waals surface area contributed by atoms with E-state index < -0.39 is 0 Å². The van der Waals surface area contributed by atoms with Crippen molar-refractivity contribution >= 4 is 0 Å². The van der Waals surface area contributed by atoms with E-state index in [2.05, 4.69) is 33.9 Å². The lowest BCUT2D eigenvalue weighted by molar-refractivity contribution is -0.696. The molecule has 0 amide bonds. The standard InChI is InChI=1S/C13H22N3O/c1-17-12-11-16-10-9-15(13-16)8-6-4-2-3-5-7-14/h9-10,13H,2-6,8,11-12H2,1H3/q+1. The Morgan fingerprint density at radius 2 is 2.12 bits per heavy atom. The van der Waals surface area contributed by atoms with E-state index in [1.807, 2.05) is 0 Å². The normalized spacial score (nSPS) is 10.4. The number of hydrogen-bond donors (Lipinski definition) is 0. The van der Waals surface area contributed by atoms with Crippen LogP contribution in [0.4, 0.5) is 0 Å². The van der Waals surface area contributed by atoms with E-state index in [0.717, 1.165) is 26.1 Å². The number of ether oxygens (including phenoxy) is 1. The van der Waals surface area contributed by atoms with Gasteiger partial charge in [-0.1, -0.05) is 6.42 Å². The molecule has 1 aromatic rings. The van der Waals surface area contributed by atoms with Crippen molar-refractivity contribution in [3.05, 3.63) is 18.7 Å². The molecule has 0 aromatic carbocycles. The second-order valence-electron chi connectivity index (χ2n) is 4.20. The van der Waals surface area contributed by atoms with E-state index in [0.29, 0.717) is 6.42 Å². The fraction of sp³-hybridized carbons (Fsp3) is 0.692. The van der Waals surface area contributed by atoms with E-state index in [4.69, 9.17) is 10.00 Å². The minimum atomic E-state index is 0.695. The van der Waals surface area contributed by atoms with E-state index >= 15 is 0 Å². The average molecular weight is 236 g/mol. The van der Waals surface area contributed by atoms with Crippen molar-refractivity contribution in [1.29, 1.82) is 5.26 Å². The van der Waals surface area contributed by atoms with Crippen molar-refractivity contribution in [3.8, 4) is 6.07 Å². The second-order valence-corrected chi connectivity index (χ2v) is 4.20. The number of methoxy groups -OCH3 is 1. The fourth-order valence-electron chi connectivity index (χ4n) is 1.75. The van der Waals surface area contributed by atoms with Crippen molar-refractivity contribution < 1.29 is 9.30 Å². The first-order valence-corrected chi connectivity index (χ1v) is 6.27. The van der Waals surface area contributed by atoms with Gasteiger partial charge in [0.1, 0.15) is 18.9 Å². The summed E-state index contributed by atoms with van der Waals surface area (Å²) in [6.07, 6.45) is 11.6. The SMILES string of the molecule is COCCn1cc[n+](CCCCCCC#N)c1. The largest absolute Gasteiger partial charge is 0.381 e. The van der Waals surface area contributed by atoms with Crippen molar-refractivity contribution in [2.75, 3.05) is 13.7 Å². The van der Waals surface area contributed by atoms with Crippen molar-refractivity contribution in [2.45, 2.75) is 45.2 Å². The molecular weight excluding hydrogens is 214 g/mol. The van der Waals surface area contributed by atoms with Crippen LogP contribution in [0.15, 0.2) is 18.7 Å². The zero-order chi connectivity index (χ0) is 12.3. The molecule has 1 heterocycles. The number of aryl methyl sites for hydroxylation is 1. The van der Waals surface area contributed by atoms with Gasteiger partial charge in [0.25, 0.3) is 0 Å². The predicted molar refractivity (Wildman–Crippen MR) is 65.2 cm³/mol. The summed E-state index contributed by atoms with van der Waals surface area (Å²) in [6, 6.07) is 2.18. The Kier molecular flexibility index (Phi) is 7.08. The van der Waals surface area contributed by atoms with Crippen molar-refractivity contribution in [3.63, 3.8) is 0 Å². The molecule has 0 saturated heterocycles. The van der Waals surface area contributed by atoms with Crippen LogP contribution in [0.2, 0.25) is 0 Å². The maximum absolute atomic E-state index is 8.41. The molecule has 0 N–H and O–H groups in total. The lowest BCUT2D eigenvalue weighted by atomic mass is 10.1. The quantitative estimate of drug-likeness (QED) is 0.485. The number of imidazole rings is 1. The Labute approximate surface area is 103 Å². The van der Waals surface area contributed by atoms with Gasteiger partial charge in [0.2, 0.25) is 6.33 Å². The van der Waals surface area contributed by atoms with E-state index in [-0.39, 0.29) is 0 Å². The van der Waals surface area contributed by atoms with Crippen LogP contribution in [0.1, 0.15) is 32.1 Å². The monoisotopic (exact) mass is 236 g/mol. The third-order valence-electron chi connectivity index (χ3n) is 2.75. The minimum absolute atomic E-state index is 0.695. The Morgan fingerprint density at radius 1 is 1.29 bits per heavy atom. The van der Waals surface area contributed by atoms with Crippen LogP contribution in [0, 0.1) is 11.3 Å². The molecule has 0 fully saturated rings. The van der Waals surface area contributed by atoms with Gasteiger partial charge in [-0.2, -0.15) is 5.26 Å². The lowest BCUT2D eigenvalue weighted by Crippen LogP contribution is -2.31. The van der Waals surface area contributed by atoms with Gasteiger partial charge in [0, 0.05) is 13.5 Å². The van der Waals surface area contributed by atoms with Gasteiger partial charge >= 0.3 is 0 Å². The van der Waals surface area contributed by atoms with Crippen molar-refractivity contribution in [2.24, 2.45) is 0 Å². The molecule has 0 bridgehead atoms. The zero-order valence-corrected chi connectivity index (χ0v) is 10.6. The first-order valence-electron chi connectivity index (χ1n) is 6.27. The summed E-state index contributed by atoms with van der Waals surface area (Å²) in [5.74, 6) is 0. The summed E-state index contributed by atoms with van der Waals surface area (Å²) >= 11 is 0. The summed E-state index contributed by atoms with van der Waals surface area (Å²) in [5.41, 5.74) is 0. The number of nitrogens with zero attached hydrogens (tertiary/aromatic N) is 3. The molecule has 0 radical (unpaired) electrons. The molecule has 0 aliphatic heterocycles. The van der Waals surface area contributed by atoms with E-state index in [1.54, 1.807) is 7.11 Å². The molecule has 0 aliphatic rings. The zero-order valence-electron chi connectivity index (χ0n) is 10.6. The van der Waals surface area contributed by atoms with E-state index in [9.17, 15) is 0 Å². The summed E-state index contributed by atoms with van der Waals surface area (Å²) in [5, 5.41) is 8.41. The first-order chi connectivity index (χ1) is 8.36. The lowest BCUT2D eigenvalue weighted by Gasteiger charge is -1.97. The molecule has 1 aromatic heterocycles. The Balaban J connectivity index is 2.10. The number of rotatable bonds is 9. The number of hydrogen-bond acceptors (Lipinski definition) is 2. The molecule has 0 atom stereocenters. The Morgan fingerprint density at radius 3 is 2.88 bits per heavy atom. The van der Waals surface area contributed by atoms with Crippen LogP contribution in [0.25, 0.3) is 0 Å². The highest BCUT2D eigenvalue weighted by Crippen LogP contribution is 2.01. The summed E-state index contributed by atoms with van der Waals surface area (Å²) in [4.78, 5) is 0. The van der Waals surface area contributed by atoms with E-state index in [1.165, 1.54) is 19.3 Å². The molecule has 1 rings (SSSR count). The molecule has 17 heavy (non-hydrogen) atoms. The highest BCUT2D eigenvalue weighted by Gasteiger charge is 2.02. The number of nitriles is 1. The summed E-state index contributed by atoms with van der Waals surface area (Å²) in [6.45, 7) is 2.72. The maximum Gasteiger partial charge on any atom is 0.243 e. The molecule has 4 nitrogen and oxygen atoms in total. The van der Waals surface area contributed by atoms with Crippen LogP contribution in [-0.2, 0) is 17.8 Å². The van der Waals surface area contributed by atoms with Gasteiger partial charge in [-0.15, -0.1) is 0 Å². The minimum Gasteiger partial charge on any atom is -0.381 e. The second kappa shape index (κ2) is 8.77. The Bertz CT molecular complexity index is 341. The molecule has 0 aliphatic carbocycles. The smallest absolute Gasteiger partial charge is 0.243 e. The maximum atomic E-state index is 8.41. The van der Waals surface area contributed by atoms with Gasteiger partial charge in [-0.3, -0.25) is 0 Å². The highest BCUT2D eigenvalue weighted by molar-refractivity contribution is 4.68. The molecule has 4 heteroatoms. The molecule has 0 unspecified atom stereocenters. The van der Waals surface area contributed by atoms with Crippen LogP contribution in [0.3, 0.4) is 0 Å². The van der Waals surface area contributed by atoms with Gasteiger partial charge in [0.05, 0.1) is 19.2 Å². The average Bonchev–Trinajstić information content (AvgIpc) is 2.79. The molecule has 0 spiro atoms. The van der Waals surface area contributed by atoms with Crippen LogP contribution in [-0.4, -0.2) is 18.3 Å². The fourth-order valence-corrected chi connectivity index (χ4v) is 1.75. The first kappa shape index (κ1) is 13.7. The third-order valence-corrected chi connectivity index (χ3v) is 2.75. The summed E-state index contributed by atoms with van der Waals surface area (Å²) < 4.78 is 9.38.